The Balaban J connectivity index is 2.42. The van der Waals surface area contributed by atoms with Crippen molar-refractivity contribution < 1.29 is 0 Å². The highest BCUT2D eigenvalue weighted by atomic mass is 15.3. The number of nitrogens with zero attached hydrogens (tertiary/aromatic N) is 2. The van der Waals surface area contributed by atoms with Gasteiger partial charge in [0.05, 0.1) is 6.20 Å². The van der Waals surface area contributed by atoms with E-state index in [4.69, 9.17) is 0 Å². The second-order valence-electron chi connectivity index (χ2n) is 5.46. The van der Waals surface area contributed by atoms with Crippen molar-refractivity contribution in [2.75, 3.05) is 0 Å². The SMILES string of the molecule is Cc1ccc(CNC(C)C)c(-c2cnn(C)c2C)c1. The third kappa shape index (κ3) is 3.04. The molecule has 3 heteroatoms. The summed E-state index contributed by atoms with van der Waals surface area (Å²) in [5, 5.41) is 7.85. The zero-order valence-corrected chi connectivity index (χ0v) is 12.5. The summed E-state index contributed by atoms with van der Waals surface area (Å²) < 4.78 is 1.93. The van der Waals surface area contributed by atoms with Crippen LogP contribution in [0.1, 0.15) is 30.7 Å². The van der Waals surface area contributed by atoms with E-state index < -0.39 is 0 Å². The van der Waals surface area contributed by atoms with Crippen molar-refractivity contribution in [3.8, 4) is 11.1 Å². The van der Waals surface area contributed by atoms with Gasteiger partial charge in [-0.2, -0.15) is 5.10 Å². The molecule has 1 aromatic heterocycles. The van der Waals surface area contributed by atoms with Gasteiger partial charge in [-0.3, -0.25) is 4.68 Å². The summed E-state index contributed by atoms with van der Waals surface area (Å²) in [7, 11) is 1.99. The predicted octanol–water partition coefficient (Wildman–Crippen LogP) is 3.20. The summed E-state index contributed by atoms with van der Waals surface area (Å²) in [6, 6.07) is 7.13. The molecule has 0 unspecified atom stereocenters. The lowest BCUT2D eigenvalue weighted by Gasteiger charge is -2.13. The second-order valence-corrected chi connectivity index (χ2v) is 5.46. The first kappa shape index (κ1) is 13.8. The van der Waals surface area contributed by atoms with Gasteiger partial charge in [-0.15, -0.1) is 0 Å². The molecule has 3 nitrogen and oxygen atoms in total. The lowest BCUT2D eigenvalue weighted by molar-refractivity contribution is 0.589. The molecule has 0 aliphatic rings. The summed E-state index contributed by atoms with van der Waals surface area (Å²) in [4.78, 5) is 0. The highest BCUT2D eigenvalue weighted by molar-refractivity contribution is 5.69. The Morgan fingerprint density at radius 1 is 1.21 bits per heavy atom. The standard InChI is InChI=1S/C16H23N3/c1-11(2)17-9-14-7-6-12(3)8-15(14)16-10-18-19(5)13(16)4/h6-8,10-11,17H,9H2,1-5H3. The Morgan fingerprint density at radius 3 is 2.53 bits per heavy atom. The van der Waals surface area contributed by atoms with Gasteiger partial charge in [-0.1, -0.05) is 37.6 Å². The Hall–Kier alpha value is -1.61. The summed E-state index contributed by atoms with van der Waals surface area (Å²) >= 11 is 0. The molecular weight excluding hydrogens is 234 g/mol. The number of hydrogen-bond acceptors (Lipinski definition) is 2. The maximum Gasteiger partial charge on any atom is 0.0571 e. The van der Waals surface area contributed by atoms with Gasteiger partial charge in [0.2, 0.25) is 0 Å². The van der Waals surface area contributed by atoms with Crippen LogP contribution in [0.25, 0.3) is 11.1 Å². The third-order valence-corrected chi connectivity index (χ3v) is 3.49. The fraction of sp³-hybridized carbons (Fsp3) is 0.438. The predicted molar refractivity (Wildman–Crippen MR) is 80.1 cm³/mol. The van der Waals surface area contributed by atoms with E-state index in [0.29, 0.717) is 6.04 Å². The maximum atomic E-state index is 4.35. The molecule has 0 atom stereocenters. The van der Waals surface area contributed by atoms with Crippen molar-refractivity contribution in [3.05, 3.63) is 41.2 Å². The molecule has 19 heavy (non-hydrogen) atoms. The van der Waals surface area contributed by atoms with Crippen LogP contribution in [0.4, 0.5) is 0 Å². The average Bonchev–Trinajstić information content (AvgIpc) is 2.68. The Morgan fingerprint density at radius 2 is 1.95 bits per heavy atom. The van der Waals surface area contributed by atoms with Crippen LogP contribution in [0.5, 0.6) is 0 Å². The minimum absolute atomic E-state index is 0.490. The van der Waals surface area contributed by atoms with Crippen molar-refractivity contribution in [3.63, 3.8) is 0 Å². The molecule has 1 N–H and O–H groups in total. The fourth-order valence-electron chi connectivity index (χ4n) is 2.17. The summed E-state index contributed by atoms with van der Waals surface area (Å²) in [5.74, 6) is 0. The van der Waals surface area contributed by atoms with E-state index in [0.717, 1.165) is 6.54 Å². The molecule has 1 aromatic carbocycles. The molecule has 0 amide bonds. The van der Waals surface area contributed by atoms with Crippen LogP contribution in [-0.2, 0) is 13.6 Å². The van der Waals surface area contributed by atoms with Gasteiger partial charge >= 0.3 is 0 Å². The Kier molecular flexibility index (Phi) is 4.05. The van der Waals surface area contributed by atoms with E-state index in [9.17, 15) is 0 Å². The van der Waals surface area contributed by atoms with Gasteiger partial charge < -0.3 is 5.32 Å². The van der Waals surface area contributed by atoms with Crippen LogP contribution in [0.2, 0.25) is 0 Å². The van der Waals surface area contributed by atoms with Gasteiger partial charge in [0.15, 0.2) is 0 Å². The van der Waals surface area contributed by atoms with Crippen molar-refractivity contribution >= 4 is 0 Å². The summed E-state index contributed by atoms with van der Waals surface area (Å²) in [6.07, 6.45) is 1.96. The highest BCUT2D eigenvalue weighted by Crippen LogP contribution is 2.27. The van der Waals surface area contributed by atoms with E-state index >= 15 is 0 Å². The first-order valence-electron chi connectivity index (χ1n) is 6.81. The summed E-state index contributed by atoms with van der Waals surface area (Å²) in [5.41, 5.74) is 6.34. The molecule has 0 saturated heterocycles. The molecule has 0 aliphatic heterocycles. The van der Waals surface area contributed by atoms with Crippen LogP contribution in [0.3, 0.4) is 0 Å². The number of hydrogen-bond donors (Lipinski definition) is 1. The zero-order chi connectivity index (χ0) is 14.0. The lowest BCUT2D eigenvalue weighted by atomic mass is 9.98. The van der Waals surface area contributed by atoms with Crippen molar-refractivity contribution in [2.45, 2.75) is 40.3 Å². The Labute approximate surface area is 115 Å². The van der Waals surface area contributed by atoms with Crippen LogP contribution in [0, 0.1) is 13.8 Å². The number of nitrogens with one attached hydrogen (secondary N) is 1. The smallest absolute Gasteiger partial charge is 0.0571 e. The maximum absolute atomic E-state index is 4.35. The molecule has 0 aliphatic carbocycles. The van der Waals surface area contributed by atoms with Crippen LogP contribution >= 0.6 is 0 Å². The van der Waals surface area contributed by atoms with Crippen LogP contribution < -0.4 is 5.32 Å². The minimum Gasteiger partial charge on any atom is -0.310 e. The monoisotopic (exact) mass is 257 g/mol. The van der Waals surface area contributed by atoms with Crippen LogP contribution in [-0.4, -0.2) is 15.8 Å². The molecule has 0 radical (unpaired) electrons. The van der Waals surface area contributed by atoms with Crippen molar-refractivity contribution in [2.24, 2.45) is 7.05 Å². The first-order valence-corrected chi connectivity index (χ1v) is 6.81. The van der Waals surface area contributed by atoms with E-state index in [1.807, 2.05) is 17.9 Å². The first-order chi connectivity index (χ1) is 8.99. The molecular formula is C16H23N3. The largest absolute Gasteiger partial charge is 0.310 e. The molecule has 0 spiro atoms. The normalized spacial score (nSPS) is 11.3. The van der Waals surface area contributed by atoms with Gasteiger partial charge in [-0.25, -0.2) is 0 Å². The Bertz CT molecular complexity index is 567. The molecule has 0 fully saturated rings. The third-order valence-electron chi connectivity index (χ3n) is 3.49. The van der Waals surface area contributed by atoms with E-state index in [-0.39, 0.29) is 0 Å². The highest BCUT2D eigenvalue weighted by Gasteiger charge is 2.11. The quantitative estimate of drug-likeness (QED) is 0.911. The molecule has 0 saturated carbocycles. The molecule has 102 valence electrons. The minimum atomic E-state index is 0.490. The number of aromatic nitrogens is 2. The summed E-state index contributed by atoms with van der Waals surface area (Å²) in [6.45, 7) is 9.48. The van der Waals surface area contributed by atoms with E-state index in [1.165, 1.54) is 27.9 Å². The average molecular weight is 257 g/mol. The molecule has 2 aromatic rings. The molecule has 1 heterocycles. The number of rotatable bonds is 4. The fourth-order valence-corrected chi connectivity index (χ4v) is 2.17. The van der Waals surface area contributed by atoms with Gasteiger partial charge in [0.25, 0.3) is 0 Å². The second kappa shape index (κ2) is 5.57. The van der Waals surface area contributed by atoms with E-state index in [1.54, 1.807) is 0 Å². The lowest BCUT2D eigenvalue weighted by Crippen LogP contribution is -2.22. The zero-order valence-electron chi connectivity index (χ0n) is 12.5. The number of benzene rings is 1. The van der Waals surface area contributed by atoms with Gasteiger partial charge in [0, 0.05) is 30.9 Å². The van der Waals surface area contributed by atoms with Gasteiger partial charge in [0.1, 0.15) is 0 Å². The van der Waals surface area contributed by atoms with Crippen molar-refractivity contribution in [1.82, 2.24) is 15.1 Å². The van der Waals surface area contributed by atoms with Gasteiger partial charge in [-0.05, 0) is 25.0 Å². The molecule has 2 rings (SSSR count). The van der Waals surface area contributed by atoms with Crippen LogP contribution in [0.15, 0.2) is 24.4 Å². The molecule has 0 bridgehead atoms. The topological polar surface area (TPSA) is 29.9 Å². The van der Waals surface area contributed by atoms with Crippen molar-refractivity contribution in [1.29, 1.82) is 0 Å². The van der Waals surface area contributed by atoms with E-state index in [2.05, 4.69) is 56.3 Å². The number of aryl methyl sites for hydroxylation is 2.